The van der Waals surface area contributed by atoms with Crippen molar-refractivity contribution in [3.63, 3.8) is 0 Å². The van der Waals surface area contributed by atoms with Gasteiger partial charge in [0.05, 0.1) is 12.3 Å². The highest BCUT2D eigenvalue weighted by atomic mass is 31.2. The fourth-order valence-corrected chi connectivity index (χ4v) is 2.73. The Morgan fingerprint density at radius 2 is 2.18 bits per heavy atom. The van der Waals surface area contributed by atoms with Gasteiger partial charge in [-0.15, -0.1) is 0 Å². The molecule has 1 rings (SSSR count). The topological polar surface area (TPSA) is 68.7 Å². The van der Waals surface area contributed by atoms with E-state index in [2.05, 4.69) is 4.98 Å². The lowest BCUT2D eigenvalue weighted by Gasteiger charge is -2.27. The van der Waals surface area contributed by atoms with Crippen LogP contribution in [0.1, 0.15) is 26.5 Å². The van der Waals surface area contributed by atoms with E-state index in [-0.39, 0.29) is 12.8 Å². The smallest absolute Gasteiger partial charge is 0.333 e. The van der Waals surface area contributed by atoms with Crippen LogP contribution in [0.2, 0.25) is 0 Å². The molecule has 1 heterocycles. The molecule has 1 aromatic rings. The first-order valence-electron chi connectivity index (χ1n) is 5.52. The highest BCUT2D eigenvalue weighted by Crippen LogP contribution is 2.52. The molecular formula is C11H18NO4P. The molecule has 0 saturated heterocycles. The zero-order valence-corrected chi connectivity index (χ0v) is 11.2. The van der Waals surface area contributed by atoms with Crippen LogP contribution in [0.4, 0.5) is 0 Å². The molecule has 0 aromatic carbocycles. The van der Waals surface area contributed by atoms with Gasteiger partial charge in [0, 0.05) is 12.4 Å². The third-order valence-electron chi connectivity index (χ3n) is 2.17. The number of hydrogen-bond acceptors (Lipinski definition) is 5. The van der Waals surface area contributed by atoms with Gasteiger partial charge in [-0.1, -0.05) is 13.0 Å². The van der Waals surface area contributed by atoms with Crippen LogP contribution < -0.4 is 0 Å². The molecule has 1 N–H and O–H groups in total. The van der Waals surface area contributed by atoms with Crippen LogP contribution in [0.15, 0.2) is 24.4 Å². The number of pyridine rings is 1. The second kappa shape index (κ2) is 5.74. The number of rotatable bonds is 6. The zero-order valence-electron chi connectivity index (χ0n) is 10.3. The van der Waals surface area contributed by atoms with Crippen molar-refractivity contribution in [3.05, 3.63) is 30.1 Å². The zero-order chi connectivity index (χ0) is 12.9. The molecule has 6 heteroatoms. The van der Waals surface area contributed by atoms with E-state index in [1.807, 2.05) is 0 Å². The minimum absolute atomic E-state index is 0.198. The molecule has 0 fully saturated rings. The lowest BCUT2D eigenvalue weighted by molar-refractivity contribution is -0.139. The highest BCUT2D eigenvalue weighted by molar-refractivity contribution is 7.53. The average Bonchev–Trinajstić information content (AvgIpc) is 2.30. The molecule has 0 aliphatic heterocycles. The van der Waals surface area contributed by atoms with Gasteiger partial charge in [0.25, 0.3) is 0 Å². The van der Waals surface area contributed by atoms with E-state index in [0.717, 1.165) is 0 Å². The van der Waals surface area contributed by atoms with Gasteiger partial charge < -0.3 is 9.63 Å². The highest BCUT2D eigenvalue weighted by Gasteiger charge is 2.35. The summed E-state index contributed by atoms with van der Waals surface area (Å²) in [7, 11) is -3.28. The second-order valence-electron chi connectivity index (χ2n) is 3.63. The summed E-state index contributed by atoms with van der Waals surface area (Å²) in [5.74, 6) is -1.72. The van der Waals surface area contributed by atoms with Crippen molar-refractivity contribution in [2.24, 2.45) is 0 Å². The number of aromatic nitrogens is 1. The van der Waals surface area contributed by atoms with E-state index in [1.54, 1.807) is 32.0 Å². The van der Waals surface area contributed by atoms with Gasteiger partial charge in [0.2, 0.25) is 5.79 Å². The fraction of sp³-hybridized carbons (Fsp3) is 0.545. The summed E-state index contributed by atoms with van der Waals surface area (Å²) in [6.07, 6.45) is 1.73. The maximum absolute atomic E-state index is 12.1. The van der Waals surface area contributed by atoms with Gasteiger partial charge in [-0.05, 0) is 26.0 Å². The van der Waals surface area contributed by atoms with E-state index in [0.29, 0.717) is 5.69 Å². The average molecular weight is 259 g/mol. The summed E-state index contributed by atoms with van der Waals surface area (Å²) in [5, 5.41) is 10.1. The van der Waals surface area contributed by atoms with E-state index in [4.69, 9.17) is 9.05 Å². The van der Waals surface area contributed by atoms with Crippen LogP contribution in [0.3, 0.4) is 0 Å². The Labute approximate surface area is 101 Å². The second-order valence-corrected chi connectivity index (χ2v) is 5.93. The monoisotopic (exact) mass is 259 g/mol. The third-order valence-corrected chi connectivity index (χ3v) is 4.23. The van der Waals surface area contributed by atoms with Crippen LogP contribution in [0.25, 0.3) is 0 Å². The number of aliphatic hydroxyl groups is 1. The molecule has 17 heavy (non-hydrogen) atoms. The molecule has 0 spiro atoms. The molecule has 1 aromatic heterocycles. The van der Waals surface area contributed by atoms with E-state index < -0.39 is 13.4 Å². The summed E-state index contributed by atoms with van der Waals surface area (Å²) in [6, 6.07) is 5.05. The van der Waals surface area contributed by atoms with E-state index in [9.17, 15) is 9.67 Å². The first-order valence-corrected chi connectivity index (χ1v) is 7.24. The van der Waals surface area contributed by atoms with Crippen molar-refractivity contribution >= 4 is 7.60 Å². The van der Waals surface area contributed by atoms with Gasteiger partial charge in [-0.2, -0.15) is 0 Å². The maximum atomic E-state index is 12.1. The molecule has 0 bridgehead atoms. The van der Waals surface area contributed by atoms with Crippen molar-refractivity contribution < 1.29 is 18.7 Å². The van der Waals surface area contributed by atoms with Crippen molar-refractivity contribution in [3.8, 4) is 0 Å². The minimum atomic E-state index is -3.28. The Hall–Kier alpha value is -0.740. The molecule has 2 unspecified atom stereocenters. The van der Waals surface area contributed by atoms with Crippen LogP contribution in [-0.2, 0) is 19.4 Å². The summed E-state index contributed by atoms with van der Waals surface area (Å²) < 4.78 is 22.4. The minimum Gasteiger partial charge on any atom is -0.360 e. The lowest BCUT2D eigenvalue weighted by atomic mass is 10.2. The van der Waals surface area contributed by atoms with Crippen LogP contribution >= 0.6 is 7.60 Å². The number of hydrogen-bond donors (Lipinski definition) is 1. The first-order chi connectivity index (χ1) is 7.93. The largest absolute Gasteiger partial charge is 0.360 e. The van der Waals surface area contributed by atoms with Gasteiger partial charge in [0.1, 0.15) is 0 Å². The van der Waals surface area contributed by atoms with Crippen molar-refractivity contribution in [1.29, 1.82) is 0 Å². The molecule has 2 atom stereocenters. The Kier molecular flexibility index (Phi) is 4.83. The van der Waals surface area contributed by atoms with E-state index >= 15 is 0 Å². The predicted molar refractivity (Wildman–Crippen MR) is 64.7 cm³/mol. The molecular weight excluding hydrogens is 241 g/mol. The molecule has 0 radical (unpaired) electrons. The fourth-order valence-electron chi connectivity index (χ4n) is 1.33. The Balaban J connectivity index is 2.89. The van der Waals surface area contributed by atoms with E-state index in [1.165, 1.54) is 13.1 Å². The third kappa shape index (κ3) is 3.89. The van der Waals surface area contributed by atoms with Gasteiger partial charge in [0.15, 0.2) is 0 Å². The van der Waals surface area contributed by atoms with Crippen LogP contribution in [-0.4, -0.2) is 22.9 Å². The van der Waals surface area contributed by atoms with Crippen molar-refractivity contribution in [2.75, 3.05) is 12.8 Å². The molecule has 96 valence electrons. The van der Waals surface area contributed by atoms with Gasteiger partial charge in [-0.3, -0.25) is 14.1 Å². The quantitative estimate of drug-likeness (QED) is 0.628. The molecule has 0 saturated carbocycles. The SMILES string of the molecule is CCOP(=O)(CC)OC(C)(O)c1ccccn1. The molecule has 0 amide bonds. The van der Waals surface area contributed by atoms with Crippen LogP contribution in [0, 0.1) is 0 Å². The van der Waals surface area contributed by atoms with Crippen LogP contribution in [0.5, 0.6) is 0 Å². The summed E-state index contributed by atoms with van der Waals surface area (Å²) in [5.41, 5.74) is 0.299. The number of nitrogens with zero attached hydrogens (tertiary/aromatic N) is 1. The molecule has 0 aliphatic carbocycles. The Bertz CT molecular complexity index is 394. The van der Waals surface area contributed by atoms with Crippen molar-refractivity contribution in [1.82, 2.24) is 4.98 Å². The van der Waals surface area contributed by atoms with Crippen molar-refractivity contribution in [2.45, 2.75) is 26.6 Å². The Morgan fingerprint density at radius 3 is 2.65 bits per heavy atom. The van der Waals surface area contributed by atoms with Gasteiger partial charge in [-0.25, -0.2) is 0 Å². The summed E-state index contributed by atoms with van der Waals surface area (Å²) in [4.78, 5) is 3.98. The normalized spacial score (nSPS) is 18.4. The molecule has 0 aliphatic rings. The lowest BCUT2D eigenvalue weighted by Crippen LogP contribution is -2.26. The summed E-state index contributed by atoms with van der Waals surface area (Å²) >= 11 is 0. The Morgan fingerprint density at radius 1 is 1.47 bits per heavy atom. The first kappa shape index (κ1) is 14.3. The maximum Gasteiger partial charge on any atom is 0.333 e. The summed E-state index contributed by atoms with van der Waals surface area (Å²) in [6.45, 7) is 5.08. The predicted octanol–water partition coefficient (Wildman–Crippen LogP) is 2.51. The standard InChI is InChI=1S/C11H18NO4P/c1-4-15-17(14,5-2)16-11(3,13)10-8-6-7-9-12-10/h6-9,13H,4-5H2,1-3H3. The molecule has 5 nitrogen and oxygen atoms in total. The van der Waals surface area contributed by atoms with Gasteiger partial charge >= 0.3 is 7.60 Å².